The van der Waals surface area contributed by atoms with Crippen LogP contribution in [0.25, 0.3) is 0 Å². The molecule has 0 bridgehead atoms. The first-order valence-corrected chi connectivity index (χ1v) is 5.59. The van der Waals surface area contributed by atoms with Gasteiger partial charge in [0, 0.05) is 12.3 Å². The molecule has 2 rings (SSSR count). The van der Waals surface area contributed by atoms with E-state index in [9.17, 15) is 15.3 Å². The Balaban J connectivity index is 2.37. The van der Waals surface area contributed by atoms with Gasteiger partial charge in [-0.05, 0) is 20.8 Å². The standard InChI is InChI=1S/C11H20O5/c1-9(2)15-8-4-10(3,14)7(5-12)11(8,6-13)16-9/h7-8,12-14H,4-6H2,1-3H3/t7-,8-,10+,11+/m1/s1. The first-order chi connectivity index (χ1) is 7.27. The lowest BCUT2D eigenvalue weighted by Gasteiger charge is -2.36. The summed E-state index contributed by atoms with van der Waals surface area (Å²) in [6.45, 7) is 4.69. The van der Waals surface area contributed by atoms with Gasteiger partial charge < -0.3 is 24.8 Å². The summed E-state index contributed by atoms with van der Waals surface area (Å²) in [5.41, 5.74) is -2.06. The third-order valence-electron chi connectivity index (χ3n) is 3.78. The highest BCUT2D eigenvalue weighted by atomic mass is 16.8. The number of aliphatic hydroxyl groups excluding tert-OH is 2. The SMILES string of the molecule is CC1(C)O[C@@H]2C[C@](C)(O)[C@@H](CO)[C@]2(CO)O1. The Morgan fingerprint density at radius 2 is 1.88 bits per heavy atom. The van der Waals surface area contributed by atoms with Crippen molar-refractivity contribution in [3.05, 3.63) is 0 Å². The summed E-state index contributed by atoms with van der Waals surface area (Å²) < 4.78 is 11.4. The highest BCUT2D eigenvalue weighted by molar-refractivity contribution is 5.14. The number of hydrogen-bond acceptors (Lipinski definition) is 5. The average Bonchev–Trinajstić information content (AvgIpc) is 2.47. The lowest BCUT2D eigenvalue weighted by Crippen LogP contribution is -2.51. The molecule has 1 saturated carbocycles. The van der Waals surface area contributed by atoms with Gasteiger partial charge in [0.15, 0.2) is 5.79 Å². The van der Waals surface area contributed by atoms with Gasteiger partial charge in [-0.25, -0.2) is 0 Å². The fourth-order valence-electron chi connectivity index (χ4n) is 3.14. The molecule has 1 aliphatic heterocycles. The van der Waals surface area contributed by atoms with Crippen LogP contribution in [0.3, 0.4) is 0 Å². The molecule has 3 N–H and O–H groups in total. The lowest BCUT2D eigenvalue weighted by molar-refractivity contribution is -0.209. The molecule has 2 fully saturated rings. The third-order valence-corrected chi connectivity index (χ3v) is 3.78. The zero-order chi connectivity index (χ0) is 12.2. The van der Waals surface area contributed by atoms with Crippen molar-refractivity contribution in [1.29, 1.82) is 0 Å². The number of ether oxygens (including phenoxy) is 2. The molecule has 0 aromatic carbocycles. The summed E-state index contributed by atoms with van der Waals surface area (Å²) in [6, 6.07) is 0. The summed E-state index contributed by atoms with van der Waals surface area (Å²) in [7, 11) is 0. The molecule has 0 aromatic rings. The molecule has 4 atom stereocenters. The number of rotatable bonds is 2. The molecule has 5 heteroatoms. The molecule has 0 radical (unpaired) electrons. The minimum Gasteiger partial charge on any atom is -0.396 e. The predicted molar refractivity (Wildman–Crippen MR) is 55.7 cm³/mol. The molecule has 16 heavy (non-hydrogen) atoms. The van der Waals surface area contributed by atoms with Crippen LogP contribution in [0.4, 0.5) is 0 Å². The normalized spacial score (nSPS) is 50.6. The van der Waals surface area contributed by atoms with Crippen molar-refractivity contribution in [3.63, 3.8) is 0 Å². The second-order valence-corrected chi connectivity index (χ2v) is 5.52. The van der Waals surface area contributed by atoms with Crippen LogP contribution in [0.5, 0.6) is 0 Å². The molecule has 1 saturated heterocycles. The van der Waals surface area contributed by atoms with Crippen molar-refractivity contribution in [3.8, 4) is 0 Å². The highest BCUT2D eigenvalue weighted by Crippen LogP contribution is 2.53. The summed E-state index contributed by atoms with van der Waals surface area (Å²) in [6.07, 6.45) is -0.0120. The third kappa shape index (κ3) is 1.50. The minimum absolute atomic E-state index is 0.233. The van der Waals surface area contributed by atoms with Crippen molar-refractivity contribution in [1.82, 2.24) is 0 Å². The van der Waals surface area contributed by atoms with Gasteiger partial charge in [0.2, 0.25) is 0 Å². The van der Waals surface area contributed by atoms with E-state index in [0.717, 1.165) is 0 Å². The van der Waals surface area contributed by atoms with Gasteiger partial charge in [0.25, 0.3) is 0 Å². The number of hydrogen-bond donors (Lipinski definition) is 3. The number of aliphatic hydroxyl groups is 3. The molecular formula is C11H20O5. The molecule has 0 aromatic heterocycles. The molecule has 0 spiro atoms. The smallest absolute Gasteiger partial charge is 0.164 e. The van der Waals surface area contributed by atoms with Crippen molar-refractivity contribution >= 4 is 0 Å². The summed E-state index contributed by atoms with van der Waals surface area (Å²) in [5.74, 6) is -1.31. The van der Waals surface area contributed by atoms with Crippen molar-refractivity contribution in [2.24, 2.45) is 5.92 Å². The quantitative estimate of drug-likeness (QED) is 0.605. The van der Waals surface area contributed by atoms with E-state index in [4.69, 9.17) is 9.47 Å². The molecular weight excluding hydrogens is 212 g/mol. The average molecular weight is 232 g/mol. The topological polar surface area (TPSA) is 79.2 Å². The molecule has 5 nitrogen and oxygen atoms in total. The molecule has 0 amide bonds. The van der Waals surface area contributed by atoms with Crippen LogP contribution in [-0.2, 0) is 9.47 Å². The van der Waals surface area contributed by atoms with Gasteiger partial charge >= 0.3 is 0 Å². The van der Waals surface area contributed by atoms with E-state index in [1.165, 1.54) is 0 Å². The predicted octanol–water partition coefficient (Wildman–Crippen LogP) is -0.368. The van der Waals surface area contributed by atoms with E-state index < -0.39 is 22.9 Å². The van der Waals surface area contributed by atoms with Gasteiger partial charge in [0.1, 0.15) is 5.60 Å². The summed E-state index contributed by atoms with van der Waals surface area (Å²) in [5, 5.41) is 29.2. The minimum atomic E-state index is -1.07. The van der Waals surface area contributed by atoms with E-state index in [-0.39, 0.29) is 19.3 Å². The Labute approximate surface area is 95.0 Å². The van der Waals surface area contributed by atoms with Crippen LogP contribution >= 0.6 is 0 Å². The second kappa shape index (κ2) is 3.40. The van der Waals surface area contributed by atoms with E-state index >= 15 is 0 Å². The Hall–Kier alpha value is -0.200. The van der Waals surface area contributed by atoms with Crippen LogP contribution < -0.4 is 0 Å². The Bertz CT molecular complexity index is 288. The van der Waals surface area contributed by atoms with Crippen molar-refractivity contribution in [2.75, 3.05) is 13.2 Å². The van der Waals surface area contributed by atoms with Crippen LogP contribution in [0.2, 0.25) is 0 Å². The Morgan fingerprint density at radius 1 is 1.25 bits per heavy atom. The van der Waals surface area contributed by atoms with Gasteiger partial charge in [-0.3, -0.25) is 0 Å². The molecule has 2 aliphatic rings. The summed E-state index contributed by atoms with van der Waals surface area (Å²) in [4.78, 5) is 0. The van der Waals surface area contributed by atoms with E-state index in [1.54, 1.807) is 20.8 Å². The fourth-order valence-corrected chi connectivity index (χ4v) is 3.14. The maximum Gasteiger partial charge on any atom is 0.164 e. The van der Waals surface area contributed by atoms with Gasteiger partial charge in [-0.15, -0.1) is 0 Å². The largest absolute Gasteiger partial charge is 0.396 e. The van der Waals surface area contributed by atoms with Crippen LogP contribution in [0.1, 0.15) is 27.2 Å². The Morgan fingerprint density at radius 3 is 2.38 bits per heavy atom. The van der Waals surface area contributed by atoms with Crippen LogP contribution in [0, 0.1) is 5.92 Å². The summed E-state index contributed by atoms with van der Waals surface area (Å²) >= 11 is 0. The first-order valence-electron chi connectivity index (χ1n) is 5.59. The van der Waals surface area contributed by atoms with Gasteiger partial charge in [0.05, 0.1) is 24.9 Å². The van der Waals surface area contributed by atoms with Crippen LogP contribution in [0.15, 0.2) is 0 Å². The molecule has 94 valence electrons. The zero-order valence-electron chi connectivity index (χ0n) is 9.93. The van der Waals surface area contributed by atoms with Crippen LogP contribution in [-0.4, -0.2) is 51.6 Å². The second-order valence-electron chi connectivity index (χ2n) is 5.52. The van der Waals surface area contributed by atoms with E-state index in [2.05, 4.69) is 0 Å². The van der Waals surface area contributed by atoms with E-state index in [1.807, 2.05) is 0 Å². The Kier molecular flexibility index (Phi) is 2.60. The first kappa shape index (κ1) is 12.3. The lowest BCUT2D eigenvalue weighted by atomic mass is 9.84. The van der Waals surface area contributed by atoms with E-state index in [0.29, 0.717) is 6.42 Å². The fraction of sp³-hybridized carbons (Fsp3) is 1.00. The molecule has 1 aliphatic carbocycles. The zero-order valence-corrected chi connectivity index (χ0v) is 9.93. The number of fused-ring (bicyclic) bond motifs is 1. The van der Waals surface area contributed by atoms with Gasteiger partial charge in [-0.2, -0.15) is 0 Å². The van der Waals surface area contributed by atoms with Crippen molar-refractivity contribution < 1.29 is 24.8 Å². The maximum absolute atomic E-state index is 10.2. The molecule has 1 heterocycles. The highest BCUT2D eigenvalue weighted by Gasteiger charge is 2.67. The molecule has 0 unspecified atom stereocenters. The monoisotopic (exact) mass is 232 g/mol. The van der Waals surface area contributed by atoms with Crippen molar-refractivity contribution in [2.45, 2.75) is 50.3 Å². The van der Waals surface area contributed by atoms with Gasteiger partial charge in [-0.1, -0.05) is 0 Å². The maximum atomic E-state index is 10.2.